The average Bonchev–Trinajstić information content (AvgIpc) is 2.43. The number of aryl methyl sites for hydroxylation is 1. The van der Waals surface area contributed by atoms with Gasteiger partial charge in [-0.2, -0.15) is 0 Å². The Morgan fingerprint density at radius 3 is 2.65 bits per heavy atom. The SMILES string of the molecule is Cc1cnc(NC(=S)NC(=O)c2ccccc2)c(Cl)c1. The molecule has 1 aromatic heterocycles. The van der Waals surface area contributed by atoms with Gasteiger partial charge in [0.05, 0.1) is 5.02 Å². The highest BCUT2D eigenvalue weighted by Crippen LogP contribution is 2.19. The van der Waals surface area contributed by atoms with Crippen LogP contribution < -0.4 is 10.6 Å². The van der Waals surface area contributed by atoms with Crippen LogP contribution in [0.1, 0.15) is 15.9 Å². The molecule has 1 amide bonds. The third-order valence-corrected chi connectivity index (χ3v) is 2.97. The minimum atomic E-state index is -0.286. The number of anilines is 1. The second-order valence-electron chi connectivity index (χ2n) is 4.12. The predicted molar refractivity (Wildman–Crippen MR) is 84.1 cm³/mol. The fraction of sp³-hybridized carbons (Fsp3) is 0.0714. The first-order valence-electron chi connectivity index (χ1n) is 5.86. The summed E-state index contributed by atoms with van der Waals surface area (Å²) in [5.41, 5.74) is 1.47. The Labute approximate surface area is 127 Å². The molecule has 0 fully saturated rings. The van der Waals surface area contributed by atoms with Crippen molar-refractivity contribution >= 4 is 40.7 Å². The van der Waals surface area contributed by atoms with Gasteiger partial charge in [0.1, 0.15) is 0 Å². The van der Waals surface area contributed by atoms with Gasteiger partial charge in [-0.25, -0.2) is 4.98 Å². The van der Waals surface area contributed by atoms with Crippen molar-refractivity contribution in [1.29, 1.82) is 0 Å². The molecule has 20 heavy (non-hydrogen) atoms. The fourth-order valence-corrected chi connectivity index (χ4v) is 1.99. The summed E-state index contributed by atoms with van der Waals surface area (Å²) in [5.74, 6) is 0.127. The summed E-state index contributed by atoms with van der Waals surface area (Å²) >= 11 is 11.1. The topological polar surface area (TPSA) is 54.0 Å². The number of thiocarbonyl (C=S) groups is 1. The number of aromatic nitrogens is 1. The third-order valence-electron chi connectivity index (χ3n) is 2.47. The average molecular weight is 306 g/mol. The second kappa shape index (κ2) is 6.45. The van der Waals surface area contributed by atoms with Crippen LogP contribution in [0.5, 0.6) is 0 Å². The normalized spacial score (nSPS) is 9.90. The minimum Gasteiger partial charge on any atom is -0.316 e. The molecule has 2 aromatic rings. The van der Waals surface area contributed by atoms with Crippen LogP contribution in [0.3, 0.4) is 0 Å². The summed E-state index contributed by atoms with van der Waals surface area (Å²) in [5, 5.41) is 5.96. The van der Waals surface area contributed by atoms with Crippen LogP contribution >= 0.6 is 23.8 Å². The Hall–Kier alpha value is -1.98. The van der Waals surface area contributed by atoms with E-state index in [4.69, 9.17) is 23.8 Å². The lowest BCUT2D eigenvalue weighted by Gasteiger charge is -2.10. The second-order valence-corrected chi connectivity index (χ2v) is 4.93. The van der Waals surface area contributed by atoms with E-state index in [0.717, 1.165) is 5.56 Å². The van der Waals surface area contributed by atoms with E-state index in [2.05, 4.69) is 15.6 Å². The number of halogens is 1. The molecule has 0 spiro atoms. The van der Waals surface area contributed by atoms with Gasteiger partial charge in [-0.3, -0.25) is 10.1 Å². The largest absolute Gasteiger partial charge is 0.316 e. The number of hydrogen-bond acceptors (Lipinski definition) is 3. The maximum atomic E-state index is 11.9. The van der Waals surface area contributed by atoms with E-state index in [-0.39, 0.29) is 11.0 Å². The maximum absolute atomic E-state index is 11.9. The number of carbonyl (C=O) groups is 1. The Morgan fingerprint density at radius 1 is 1.30 bits per heavy atom. The summed E-state index contributed by atoms with van der Waals surface area (Å²) in [4.78, 5) is 16.0. The van der Waals surface area contributed by atoms with Gasteiger partial charge in [0.15, 0.2) is 10.9 Å². The summed E-state index contributed by atoms with van der Waals surface area (Å²) in [6.07, 6.45) is 1.66. The van der Waals surface area contributed by atoms with Gasteiger partial charge < -0.3 is 5.32 Å². The monoisotopic (exact) mass is 305 g/mol. The molecule has 0 saturated carbocycles. The molecule has 0 unspecified atom stereocenters. The molecule has 6 heteroatoms. The van der Waals surface area contributed by atoms with Crippen LogP contribution in [-0.2, 0) is 0 Å². The molecule has 0 radical (unpaired) electrons. The predicted octanol–water partition coefficient (Wildman–Crippen LogP) is 3.17. The highest BCUT2D eigenvalue weighted by Gasteiger charge is 2.09. The molecule has 0 bridgehead atoms. The van der Waals surface area contributed by atoms with Crippen LogP contribution in [0, 0.1) is 6.92 Å². The van der Waals surface area contributed by atoms with E-state index in [1.165, 1.54) is 0 Å². The van der Waals surface area contributed by atoms with E-state index in [1.807, 2.05) is 13.0 Å². The first-order valence-corrected chi connectivity index (χ1v) is 6.64. The molecule has 1 aromatic carbocycles. The smallest absolute Gasteiger partial charge is 0.257 e. The number of rotatable bonds is 2. The van der Waals surface area contributed by atoms with Gasteiger partial charge in [-0.15, -0.1) is 0 Å². The number of hydrogen-bond donors (Lipinski definition) is 2. The first-order chi connectivity index (χ1) is 9.56. The van der Waals surface area contributed by atoms with Crippen molar-refractivity contribution in [3.8, 4) is 0 Å². The van der Waals surface area contributed by atoms with Gasteiger partial charge >= 0.3 is 0 Å². The number of pyridine rings is 1. The maximum Gasteiger partial charge on any atom is 0.257 e. The van der Waals surface area contributed by atoms with Gasteiger partial charge in [0.25, 0.3) is 5.91 Å². The van der Waals surface area contributed by atoms with Crippen molar-refractivity contribution in [2.24, 2.45) is 0 Å². The molecule has 0 saturated heterocycles. The van der Waals surface area contributed by atoms with E-state index >= 15 is 0 Å². The summed E-state index contributed by atoms with van der Waals surface area (Å²) < 4.78 is 0. The van der Waals surface area contributed by atoms with Crippen molar-refractivity contribution < 1.29 is 4.79 Å². The van der Waals surface area contributed by atoms with Gasteiger partial charge in [-0.05, 0) is 42.9 Å². The Morgan fingerprint density at radius 2 is 2.00 bits per heavy atom. The van der Waals surface area contributed by atoms with E-state index in [9.17, 15) is 4.79 Å². The molecule has 0 atom stereocenters. The number of nitrogens with one attached hydrogen (secondary N) is 2. The quantitative estimate of drug-likeness (QED) is 0.837. The van der Waals surface area contributed by atoms with Crippen LogP contribution in [0.2, 0.25) is 5.02 Å². The lowest BCUT2D eigenvalue weighted by Crippen LogP contribution is -2.34. The lowest BCUT2D eigenvalue weighted by atomic mass is 10.2. The van der Waals surface area contributed by atoms with Gasteiger partial charge in [0, 0.05) is 11.8 Å². The molecule has 102 valence electrons. The molecule has 0 aliphatic rings. The van der Waals surface area contributed by atoms with Crippen molar-refractivity contribution in [2.45, 2.75) is 6.92 Å². The fourth-order valence-electron chi connectivity index (χ4n) is 1.53. The Bertz CT molecular complexity index is 646. The molecule has 2 N–H and O–H groups in total. The molecule has 0 aliphatic heterocycles. The van der Waals surface area contributed by atoms with E-state index in [1.54, 1.807) is 36.5 Å². The summed E-state index contributed by atoms with van der Waals surface area (Å²) in [6.45, 7) is 1.89. The van der Waals surface area contributed by atoms with Crippen LogP contribution in [0.4, 0.5) is 5.82 Å². The lowest BCUT2D eigenvalue weighted by molar-refractivity contribution is 0.0977. The number of carbonyl (C=O) groups excluding carboxylic acids is 1. The highest BCUT2D eigenvalue weighted by atomic mass is 35.5. The van der Waals surface area contributed by atoms with E-state index < -0.39 is 0 Å². The van der Waals surface area contributed by atoms with Crippen molar-refractivity contribution in [1.82, 2.24) is 10.3 Å². The van der Waals surface area contributed by atoms with Gasteiger partial charge in [0.2, 0.25) is 0 Å². The Balaban J connectivity index is 2.01. The number of nitrogens with zero attached hydrogens (tertiary/aromatic N) is 1. The summed E-state index contributed by atoms with van der Waals surface area (Å²) in [7, 11) is 0. The third kappa shape index (κ3) is 3.76. The first kappa shape index (κ1) is 14.4. The van der Waals surface area contributed by atoms with Gasteiger partial charge in [-0.1, -0.05) is 29.8 Å². The van der Waals surface area contributed by atoms with Crippen LogP contribution in [0.15, 0.2) is 42.6 Å². The standard InChI is InChI=1S/C14H12ClN3OS/c1-9-7-11(15)12(16-8-9)17-14(20)18-13(19)10-5-3-2-4-6-10/h2-8H,1H3,(H2,16,17,18,19,20). The molecule has 4 nitrogen and oxygen atoms in total. The zero-order valence-corrected chi connectivity index (χ0v) is 12.3. The van der Waals surface area contributed by atoms with Crippen LogP contribution in [0.25, 0.3) is 0 Å². The summed E-state index contributed by atoms with van der Waals surface area (Å²) in [6, 6.07) is 10.6. The Kier molecular flexibility index (Phi) is 4.65. The van der Waals surface area contributed by atoms with Crippen molar-refractivity contribution in [2.75, 3.05) is 5.32 Å². The molecule has 1 heterocycles. The highest BCUT2D eigenvalue weighted by molar-refractivity contribution is 7.80. The minimum absolute atomic E-state index is 0.150. The molecule has 0 aliphatic carbocycles. The molecular formula is C14H12ClN3OS. The molecular weight excluding hydrogens is 294 g/mol. The van der Waals surface area contributed by atoms with Crippen molar-refractivity contribution in [3.05, 3.63) is 58.7 Å². The number of benzene rings is 1. The van der Waals surface area contributed by atoms with Crippen molar-refractivity contribution in [3.63, 3.8) is 0 Å². The molecule has 2 rings (SSSR count). The van der Waals surface area contributed by atoms with E-state index in [0.29, 0.717) is 16.4 Å². The zero-order valence-electron chi connectivity index (χ0n) is 10.7. The zero-order chi connectivity index (χ0) is 14.5. The number of amides is 1. The van der Waals surface area contributed by atoms with Crippen LogP contribution in [-0.4, -0.2) is 16.0 Å².